The van der Waals surface area contributed by atoms with Crippen LogP contribution in [0.15, 0.2) is 72.9 Å². The number of unbranched alkanes of at least 4 members (excludes halogenated alkanes) is 37. The van der Waals surface area contributed by atoms with Gasteiger partial charge in [0.25, 0.3) is 0 Å². The van der Waals surface area contributed by atoms with E-state index in [2.05, 4.69) is 93.7 Å². The zero-order valence-corrected chi connectivity index (χ0v) is 50.5. The van der Waals surface area contributed by atoms with Crippen molar-refractivity contribution in [2.45, 2.75) is 341 Å². The number of hydrogen-bond donors (Lipinski definition) is 0. The number of ether oxygens (including phenoxy) is 3. The molecule has 0 aromatic carbocycles. The van der Waals surface area contributed by atoms with E-state index in [0.29, 0.717) is 19.3 Å². The van der Waals surface area contributed by atoms with Crippen molar-refractivity contribution in [1.29, 1.82) is 0 Å². The predicted molar refractivity (Wildman–Crippen MR) is 330 cm³/mol. The third kappa shape index (κ3) is 61.7. The summed E-state index contributed by atoms with van der Waals surface area (Å²) >= 11 is 0. The van der Waals surface area contributed by atoms with Gasteiger partial charge in [-0.3, -0.25) is 14.4 Å². The molecule has 0 N–H and O–H groups in total. The molecular formula is C70H124O6. The van der Waals surface area contributed by atoms with Crippen LogP contribution in [0.1, 0.15) is 335 Å². The topological polar surface area (TPSA) is 78.9 Å². The van der Waals surface area contributed by atoms with Crippen LogP contribution >= 0.6 is 0 Å². The second-order valence-corrected chi connectivity index (χ2v) is 22.0. The molecule has 440 valence electrons. The molecule has 1 atom stereocenters. The van der Waals surface area contributed by atoms with Crippen LogP contribution in [0.5, 0.6) is 0 Å². The first kappa shape index (κ1) is 72.8. The number of allylic oxidation sites excluding steroid dienone is 12. The molecule has 0 bridgehead atoms. The minimum atomic E-state index is -0.789. The highest BCUT2D eigenvalue weighted by molar-refractivity contribution is 5.71. The molecule has 0 saturated heterocycles. The van der Waals surface area contributed by atoms with Crippen LogP contribution in [-0.4, -0.2) is 37.2 Å². The maximum Gasteiger partial charge on any atom is 0.306 e. The molecule has 6 nitrogen and oxygen atoms in total. The number of hydrogen-bond acceptors (Lipinski definition) is 6. The lowest BCUT2D eigenvalue weighted by atomic mass is 10.0. The van der Waals surface area contributed by atoms with Gasteiger partial charge in [-0.05, 0) is 89.9 Å². The first-order chi connectivity index (χ1) is 37.5. The van der Waals surface area contributed by atoms with Gasteiger partial charge in [0.15, 0.2) is 6.10 Å². The average Bonchev–Trinajstić information content (AvgIpc) is 3.42. The van der Waals surface area contributed by atoms with Gasteiger partial charge < -0.3 is 14.2 Å². The summed E-state index contributed by atoms with van der Waals surface area (Å²) < 4.78 is 16.9. The summed E-state index contributed by atoms with van der Waals surface area (Å²) in [5.74, 6) is -0.895. The van der Waals surface area contributed by atoms with Crippen LogP contribution in [0.25, 0.3) is 0 Å². The summed E-state index contributed by atoms with van der Waals surface area (Å²) in [4.78, 5) is 38.3. The van der Waals surface area contributed by atoms with Crippen molar-refractivity contribution in [2.24, 2.45) is 0 Å². The summed E-state index contributed by atoms with van der Waals surface area (Å²) in [6, 6.07) is 0. The molecule has 0 fully saturated rings. The number of esters is 3. The van der Waals surface area contributed by atoms with E-state index in [4.69, 9.17) is 14.2 Å². The van der Waals surface area contributed by atoms with Gasteiger partial charge >= 0.3 is 17.9 Å². The normalized spacial score (nSPS) is 12.5. The van der Waals surface area contributed by atoms with Gasteiger partial charge in [-0.2, -0.15) is 0 Å². The monoisotopic (exact) mass is 1060 g/mol. The largest absolute Gasteiger partial charge is 0.462 e. The van der Waals surface area contributed by atoms with Crippen molar-refractivity contribution in [3.63, 3.8) is 0 Å². The fourth-order valence-electron chi connectivity index (χ4n) is 9.53. The summed E-state index contributed by atoms with van der Waals surface area (Å²) in [6.07, 6.45) is 83.4. The van der Waals surface area contributed by atoms with Gasteiger partial charge in [0.2, 0.25) is 0 Å². The molecule has 6 heteroatoms. The average molecular weight is 1060 g/mol. The summed E-state index contributed by atoms with van der Waals surface area (Å²) in [5.41, 5.74) is 0. The SMILES string of the molecule is CC/C=C\C/C=C\C/C=C\C/C=C\C/C=C\CCCCCCCC(=O)OC(COC(=O)CCCCCCC/C=C\CCCCCC)COC(=O)CCCCCCCCCCCCCCCCCCCCCCCCCC. The van der Waals surface area contributed by atoms with E-state index in [0.717, 1.165) is 116 Å². The Balaban J connectivity index is 4.32. The van der Waals surface area contributed by atoms with Gasteiger partial charge in [-0.25, -0.2) is 0 Å². The molecule has 0 aromatic rings. The lowest BCUT2D eigenvalue weighted by Gasteiger charge is -2.18. The van der Waals surface area contributed by atoms with E-state index in [1.54, 1.807) is 0 Å². The Labute approximate surface area is 472 Å². The van der Waals surface area contributed by atoms with Crippen LogP contribution in [0.4, 0.5) is 0 Å². The minimum Gasteiger partial charge on any atom is -0.462 e. The van der Waals surface area contributed by atoms with Crippen LogP contribution in [0, 0.1) is 0 Å². The van der Waals surface area contributed by atoms with E-state index >= 15 is 0 Å². The third-order valence-electron chi connectivity index (χ3n) is 14.4. The number of carbonyl (C=O) groups excluding carboxylic acids is 3. The molecule has 0 saturated carbocycles. The molecule has 0 spiro atoms. The fourth-order valence-corrected chi connectivity index (χ4v) is 9.53. The van der Waals surface area contributed by atoms with Crippen LogP contribution < -0.4 is 0 Å². The smallest absolute Gasteiger partial charge is 0.306 e. The van der Waals surface area contributed by atoms with Gasteiger partial charge in [0, 0.05) is 19.3 Å². The molecule has 0 amide bonds. The molecule has 1 unspecified atom stereocenters. The van der Waals surface area contributed by atoms with Gasteiger partial charge in [0.05, 0.1) is 0 Å². The lowest BCUT2D eigenvalue weighted by molar-refractivity contribution is -0.167. The first-order valence-corrected chi connectivity index (χ1v) is 32.9. The highest BCUT2D eigenvalue weighted by atomic mass is 16.6. The number of carbonyl (C=O) groups is 3. The van der Waals surface area contributed by atoms with E-state index in [1.165, 1.54) is 180 Å². The molecule has 0 aliphatic carbocycles. The summed E-state index contributed by atoms with van der Waals surface area (Å²) in [7, 11) is 0. The zero-order chi connectivity index (χ0) is 55.0. The summed E-state index contributed by atoms with van der Waals surface area (Å²) in [6.45, 7) is 6.53. The molecule has 0 aliphatic rings. The van der Waals surface area contributed by atoms with Crippen molar-refractivity contribution in [2.75, 3.05) is 13.2 Å². The van der Waals surface area contributed by atoms with Crippen molar-refractivity contribution >= 4 is 17.9 Å². The maximum atomic E-state index is 12.9. The van der Waals surface area contributed by atoms with Crippen molar-refractivity contribution < 1.29 is 28.6 Å². The molecular weight excluding hydrogens is 937 g/mol. The zero-order valence-electron chi connectivity index (χ0n) is 50.5. The van der Waals surface area contributed by atoms with Crippen LogP contribution in [0.2, 0.25) is 0 Å². The second-order valence-electron chi connectivity index (χ2n) is 22.0. The van der Waals surface area contributed by atoms with Crippen LogP contribution in [-0.2, 0) is 28.6 Å². The Hall–Kier alpha value is -3.15. The lowest BCUT2D eigenvalue weighted by Crippen LogP contribution is -2.30. The van der Waals surface area contributed by atoms with E-state index in [-0.39, 0.29) is 31.1 Å². The van der Waals surface area contributed by atoms with Crippen LogP contribution in [0.3, 0.4) is 0 Å². The molecule has 0 rings (SSSR count). The Morgan fingerprint density at radius 2 is 0.513 bits per heavy atom. The standard InChI is InChI=1S/C70H124O6/c1-4-7-10-13-16-19-22-25-27-29-31-33-34-35-37-38-40-42-45-48-51-54-57-60-63-69(72)75-66-67(65-74-68(71)62-59-56-53-50-47-44-24-21-18-15-12-9-6-3)76-70(73)64-61-58-55-52-49-46-43-41-39-36-32-30-28-26-23-20-17-14-11-8-5-2/h8,11,17,20-21,24,26,28,32,36,41,43,67H,4-7,9-10,12-16,18-19,22-23,25,27,29-31,33-35,37-40,42,44-66H2,1-3H3/b11-8-,20-17-,24-21-,28-26-,36-32-,43-41-. The van der Waals surface area contributed by atoms with E-state index in [9.17, 15) is 14.4 Å². The number of rotatable bonds is 60. The molecule has 0 aliphatic heterocycles. The highest BCUT2D eigenvalue weighted by Gasteiger charge is 2.19. The third-order valence-corrected chi connectivity index (χ3v) is 14.4. The van der Waals surface area contributed by atoms with Crippen molar-refractivity contribution in [1.82, 2.24) is 0 Å². The quantitative estimate of drug-likeness (QED) is 0.0261. The summed E-state index contributed by atoms with van der Waals surface area (Å²) in [5, 5.41) is 0. The Bertz CT molecular complexity index is 1400. The van der Waals surface area contributed by atoms with Crippen molar-refractivity contribution in [3.8, 4) is 0 Å². The van der Waals surface area contributed by atoms with Gasteiger partial charge in [-0.1, -0.05) is 299 Å². The van der Waals surface area contributed by atoms with Gasteiger partial charge in [-0.15, -0.1) is 0 Å². The minimum absolute atomic E-state index is 0.0831. The molecule has 0 aromatic heterocycles. The Morgan fingerprint density at radius 3 is 0.829 bits per heavy atom. The molecule has 76 heavy (non-hydrogen) atoms. The fraction of sp³-hybridized carbons (Fsp3) is 0.786. The second kappa shape index (κ2) is 64.4. The first-order valence-electron chi connectivity index (χ1n) is 32.9. The molecule has 0 radical (unpaired) electrons. The van der Waals surface area contributed by atoms with E-state index in [1.807, 2.05) is 0 Å². The van der Waals surface area contributed by atoms with E-state index < -0.39 is 6.10 Å². The Morgan fingerprint density at radius 1 is 0.276 bits per heavy atom. The van der Waals surface area contributed by atoms with Crippen molar-refractivity contribution in [3.05, 3.63) is 72.9 Å². The Kier molecular flexibility index (Phi) is 61.7. The molecule has 0 heterocycles. The van der Waals surface area contributed by atoms with Gasteiger partial charge in [0.1, 0.15) is 13.2 Å². The highest BCUT2D eigenvalue weighted by Crippen LogP contribution is 2.17. The predicted octanol–water partition coefficient (Wildman–Crippen LogP) is 22.5. The maximum absolute atomic E-state index is 12.9.